The van der Waals surface area contributed by atoms with E-state index in [-0.39, 0.29) is 11.4 Å². The van der Waals surface area contributed by atoms with E-state index in [1.807, 2.05) is 6.92 Å². The van der Waals surface area contributed by atoms with Crippen molar-refractivity contribution in [3.05, 3.63) is 23.0 Å². The zero-order valence-corrected chi connectivity index (χ0v) is 17.8. The van der Waals surface area contributed by atoms with Crippen LogP contribution in [0.4, 0.5) is 0 Å². The fourth-order valence-electron chi connectivity index (χ4n) is 7.16. The van der Waals surface area contributed by atoms with Crippen LogP contribution in [0.1, 0.15) is 65.7 Å². The summed E-state index contributed by atoms with van der Waals surface area (Å²) in [6.45, 7) is 6.34. The van der Waals surface area contributed by atoms with Crippen LogP contribution in [-0.4, -0.2) is 24.5 Å². The summed E-state index contributed by atoms with van der Waals surface area (Å²) in [5.74, 6) is 5.41. The number of carbonyl (C=O) groups excluding carboxylic acids is 2. The van der Waals surface area contributed by atoms with Crippen LogP contribution in [0.5, 0.6) is 0 Å². The Balaban J connectivity index is 1.69. The molecule has 4 aliphatic carbocycles. The molecular weight excluding hydrogens is 364 g/mol. The summed E-state index contributed by atoms with van der Waals surface area (Å²) in [7, 11) is 0. The first kappa shape index (κ1) is 20.3. The van der Waals surface area contributed by atoms with E-state index < -0.39 is 5.60 Å². The van der Waals surface area contributed by atoms with Crippen LogP contribution < -0.4 is 0 Å². The number of hydrogen-bond donors (Lipinski definition) is 0. The van der Waals surface area contributed by atoms with Crippen molar-refractivity contribution in [2.45, 2.75) is 71.3 Å². The minimum atomic E-state index is -0.811. The van der Waals surface area contributed by atoms with E-state index in [1.54, 1.807) is 0 Å². The molecule has 4 heteroatoms. The zero-order chi connectivity index (χ0) is 20.8. The minimum absolute atomic E-state index is 0.221. The molecule has 2 saturated carbocycles. The van der Waals surface area contributed by atoms with Gasteiger partial charge in [0.25, 0.3) is 0 Å². The van der Waals surface area contributed by atoms with Gasteiger partial charge in [-0.25, -0.2) is 0 Å². The maximum Gasteiger partial charge on any atom is 0.304 e. The molecule has 0 unspecified atom stereocenters. The second kappa shape index (κ2) is 7.35. The van der Waals surface area contributed by atoms with Crippen molar-refractivity contribution in [2.75, 3.05) is 6.61 Å². The third-order valence-corrected chi connectivity index (χ3v) is 8.40. The van der Waals surface area contributed by atoms with Gasteiger partial charge in [-0.15, -0.1) is 6.42 Å². The van der Waals surface area contributed by atoms with Gasteiger partial charge in [0.15, 0.2) is 5.60 Å². The molecule has 0 heterocycles. The van der Waals surface area contributed by atoms with Crippen molar-refractivity contribution in [3.8, 4) is 12.3 Å². The number of aldehydes is 1. The lowest BCUT2D eigenvalue weighted by molar-refractivity contribution is -0.167. The molecule has 0 aromatic heterocycles. The standard InChI is InChI=1S/C25H32O4/c1-5-25(29-16(3)27)12-10-23-22-13-17(15-26)21-14-18(28-6-2)7-8-19(21)20(22)9-11-24(23,25)4/h1,14-15,19-20,22-23H,6-13H2,2-4H3/t19-,20-,22-,23+,24+,25+/m1/s1. The molecule has 6 atom stereocenters. The fraction of sp³-hybridized carbons (Fsp3) is 0.680. The topological polar surface area (TPSA) is 52.6 Å². The molecule has 0 aliphatic heterocycles. The van der Waals surface area contributed by atoms with Crippen LogP contribution >= 0.6 is 0 Å². The monoisotopic (exact) mass is 396 g/mol. The van der Waals surface area contributed by atoms with Crippen LogP contribution in [0.15, 0.2) is 23.0 Å². The van der Waals surface area contributed by atoms with E-state index >= 15 is 0 Å². The van der Waals surface area contributed by atoms with Gasteiger partial charge in [0.1, 0.15) is 6.29 Å². The third-order valence-electron chi connectivity index (χ3n) is 8.40. The highest BCUT2D eigenvalue weighted by molar-refractivity contribution is 5.76. The van der Waals surface area contributed by atoms with E-state index in [0.29, 0.717) is 30.3 Å². The number of hydrogen-bond acceptors (Lipinski definition) is 4. The van der Waals surface area contributed by atoms with E-state index in [1.165, 1.54) is 12.5 Å². The molecule has 0 radical (unpaired) electrons. The SMILES string of the molecule is C#C[C@]1(OC(C)=O)CC[C@H]2[C@@H]3CC(C=O)=C4C=C(OCC)CC[C@@H]4[C@H]3CC[C@@]21C. The molecule has 0 aromatic carbocycles. The number of esters is 1. The van der Waals surface area contributed by atoms with Crippen LogP contribution in [-0.2, 0) is 19.1 Å². The normalized spacial score (nSPS) is 40.7. The van der Waals surface area contributed by atoms with E-state index in [4.69, 9.17) is 15.9 Å². The summed E-state index contributed by atoms with van der Waals surface area (Å²) in [5.41, 5.74) is 1.11. The smallest absolute Gasteiger partial charge is 0.304 e. The quantitative estimate of drug-likeness (QED) is 0.396. The maximum absolute atomic E-state index is 12.0. The van der Waals surface area contributed by atoms with E-state index in [9.17, 15) is 9.59 Å². The number of terminal acetylenes is 1. The van der Waals surface area contributed by atoms with Gasteiger partial charge in [-0.2, -0.15) is 0 Å². The maximum atomic E-state index is 12.0. The summed E-state index contributed by atoms with van der Waals surface area (Å²) >= 11 is 0. The molecule has 0 saturated heterocycles. The largest absolute Gasteiger partial charge is 0.498 e. The van der Waals surface area contributed by atoms with Crippen molar-refractivity contribution in [2.24, 2.45) is 29.1 Å². The number of allylic oxidation sites excluding steroid dienone is 4. The van der Waals surface area contributed by atoms with E-state index in [0.717, 1.165) is 62.6 Å². The first-order valence-corrected chi connectivity index (χ1v) is 11.1. The highest BCUT2D eigenvalue weighted by atomic mass is 16.6. The van der Waals surface area contributed by atoms with Crippen molar-refractivity contribution in [1.82, 2.24) is 0 Å². The highest BCUT2D eigenvalue weighted by Crippen LogP contribution is 2.65. The molecule has 156 valence electrons. The predicted octanol–water partition coefficient (Wildman–Crippen LogP) is 4.59. The average molecular weight is 397 g/mol. The van der Waals surface area contributed by atoms with Crippen molar-refractivity contribution >= 4 is 12.3 Å². The Kier molecular flexibility index (Phi) is 5.13. The third kappa shape index (κ3) is 2.97. The first-order valence-electron chi connectivity index (χ1n) is 11.1. The zero-order valence-electron chi connectivity index (χ0n) is 17.8. The molecule has 4 rings (SSSR count). The first-order chi connectivity index (χ1) is 13.9. The fourth-order valence-corrected chi connectivity index (χ4v) is 7.16. The lowest BCUT2D eigenvalue weighted by Gasteiger charge is -2.54. The number of rotatable bonds is 4. The molecule has 29 heavy (non-hydrogen) atoms. The second-order valence-electron chi connectivity index (χ2n) is 9.49. The van der Waals surface area contributed by atoms with Gasteiger partial charge in [0, 0.05) is 18.8 Å². The summed E-state index contributed by atoms with van der Waals surface area (Å²) in [6, 6.07) is 0. The number of carbonyl (C=O) groups is 2. The Bertz CT molecular complexity index is 815. The molecule has 0 amide bonds. The van der Waals surface area contributed by atoms with Gasteiger partial charge >= 0.3 is 5.97 Å². The van der Waals surface area contributed by atoms with Crippen molar-refractivity contribution in [3.63, 3.8) is 0 Å². The minimum Gasteiger partial charge on any atom is -0.498 e. The summed E-state index contributed by atoms with van der Waals surface area (Å²) in [6.07, 6.45) is 15.7. The van der Waals surface area contributed by atoms with Crippen molar-refractivity contribution in [1.29, 1.82) is 0 Å². The van der Waals surface area contributed by atoms with Gasteiger partial charge < -0.3 is 9.47 Å². The number of fused-ring (bicyclic) bond motifs is 5. The molecule has 4 nitrogen and oxygen atoms in total. The van der Waals surface area contributed by atoms with Gasteiger partial charge in [-0.1, -0.05) is 12.8 Å². The molecule has 0 N–H and O–H groups in total. The summed E-state index contributed by atoms with van der Waals surface area (Å²) < 4.78 is 11.6. The van der Waals surface area contributed by atoms with Crippen LogP contribution in [0.3, 0.4) is 0 Å². The Morgan fingerprint density at radius 3 is 2.76 bits per heavy atom. The molecule has 4 aliphatic rings. The Hall–Kier alpha value is -2.02. The molecule has 0 aromatic rings. The molecular formula is C25H32O4. The lowest BCUT2D eigenvalue weighted by Crippen LogP contribution is -2.53. The van der Waals surface area contributed by atoms with E-state index in [2.05, 4.69) is 18.9 Å². The average Bonchev–Trinajstić information content (AvgIpc) is 2.99. The van der Waals surface area contributed by atoms with Gasteiger partial charge in [-0.05, 0) is 86.3 Å². The predicted molar refractivity (Wildman–Crippen MR) is 111 cm³/mol. The Morgan fingerprint density at radius 2 is 2.10 bits per heavy atom. The second-order valence-corrected chi connectivity index (χ2v) is 9.49. The molecule has 2 fully saturated rings. The van der Waals surface area contributed by atoms with Crippen LogP contribution in [0, 0.1) is 41.4 Å². The van der Waals surface area contributed by atoms with Crippen LogP contribution in [0.2, 0.25) is 0 Å². The van der Waals surface area contributed by atoms with Gasteiger partial charge in [-0.3, -0.25) is 9.59 Å². The van der Waals surface area contributed by atoms with Crippen molar-refractivity contribution < 1.29 is 19.1 Å². The highest BCUT2D eigenvalue weighted by Gasteiger charge is 2.64. The van der Waals surface area contributed by atoms with Gasteiger partial charge in [0.2, 0.25) is 0 Å². The summed E-state index contributed by atoms with van der Waals surface area (Å²) in [5, 5.41) is 0. The lowest BCUT2D eigenvalue weighted by atomic mass is 9.50. The molecule has 0 spiro atoms. The molecule has 0 bridgehead atoms. The van der Waals surface area contributed by atoms with Gasteiger partial charge in [0.05, 0.1) is 12.4 Å². The van der Waals surface area contributed by atoms with Crippen LogP contribution in [0.25, 0.3) is 0 Å². The Morgan fingerprint density at radius 1 is 1.31 bits per heavy atom. The Labute approximate surface area is 174 Å². The number of ether oxygens (including phenoxy) is 2. The summed E-state index contributed by atoms with van der Waals surface area (Å²) in [4.78, 5) is 23.9.